The van der Waals surface area contributed by atoms with Crippen LogP contribution in [-0.2, 0) is 0 Å². The highest BCUT2D eigenvalue weighted by molar-refractivity contribution is 5.88. The molecule has 3 heteroatoms. The van der Waals surface area contributed by atoms with E-state index in [9.17, 15) is 0 Å². The fraction of sp³-hybridized carbons (Fsp3) is 0.312. The van der Waals surface area contributed by atoms with Crippen LogP contribution in [0.2, 0.25) is 0 Å². The Morgan fingerprint density at radius 3 is 2.84 bits per heavy atom. The van der Waals surface area contributed by atoms with Crippen LogP contribution < -0.4 is 5.73 Å². The summed E-state index contributed by atoms with van der Waals surface area (Å²) in [7, 11) is 0. The van der Waals surface area contributed by atoms with Crippen molar-refractivity contribution < 1.29 is 0 Å². The Morgan fingerprint density at radius 1 is 1.21 bits per heavy atom. The normalized spacial score (nSPS) is 18.9. The number of fused-ring (bicyclic) bond motifs is 1. The Hall–Kier alpha value is -2.03. The second-order valence-corrected chi connectivity index (χ2v) is 4.98. The second kappa shape index (κ2) is 4.92. The predicted molar refractivity (Wildman–Crippen MR) is 80.2 cm³/mol. The first-order chi connectivity index (χ1) is 9.31. The van der Waals surface area contributed by atoms with Gasteiger partial charge in [-0.25, -0.2) is 0 Å². The van der Waals surface area contributed by atoms with Gasteiger partial charge in [0, 0.05) is 6.54 Å². The summed E-state index contributed by atoms with van der Waals surface area (Å²) in [4.78, 5) is 6.65. The number of aliphatic imine (C=N–C) groups is 1. The van der Waals surface area contributed by atoms with Crippen LogP contribution in [0.5, 0.6) is 0 Å². The Morgan fingerprint density at radius 2 is 2.00 bits per heavy atom. The van der Waals surface area contributed by atoms with Gasteiger partial charge in [0.15, 0.2) is 5.96 Å². The molecule has 0 saturated carbocycles. The molecule has 3 rings (SSSR count). The van der Waals surface area contributed by atoms with Gasteiger partial charge in [0.2, 0.25) is 0 Å². The number of guanidine groups is 1. The Kier molecular flexibility index (Phi) is 3.11. The summed E-state index contributed by atoms with van der Waals surface area (Å²) in [6.07, 6.45) is 1.08. The van der Waals surface area contributed by atoms with Crippen LogP contribution in [0.15, 0.2) is 47.5 Å². The monoisotopic (exact) mass is 253 g/mol. The summed E-state index contributed by atoms with van der Waals surface area (Å²) in [5, 5.41) is 2.59. The van der Waals surface area contributed by atoms with E-state index in [-0.39, 0.29) is 6.04 Å². The molecule has 0 spiro atoms. The lowest BCUT2D eigenvalue weighted by Gasteiger charge is -2.27. The first kappa shape index (κ1) is 12.0. The lowest BCUT2D eigenvalue weighted by molar-refractivity contribution is 0.349. The van der Waals surface area contributed by atoms with Crippen molar-refractivity contribution in [2.45, 2.75) is 19.4 Å². The highest BCUT2D eigenvalue weighted by Crippen LogP contribution is 2.31. The molecule has 2 N–H and O–H groups in total. The van der Waals surface area contributed by atoms with Gasteiger partial charge in [-0.15, -0.1) is 0 Å². The van der Waals surface area contributed by atoms with E-state index in [1.165, 1.54) is 16.3 Å². The topological polar surface area (TPSA) is 41.6 Å². The van der Waals surface area contributed by atoms with Gasteiger partial charge in [0.25, 0.3) is 0 Å². The quantitative estimate of drug-likeness (QED) is 0.913. The number of rotatable bonds is 3. The molecular formula is C16H19N3. The largest absolute Gasteiger partial charge is 0.370 e. The summed E-state index contributed by atoms with van der Waals surface area (Å²) in [5.41, 5.74) is 7.34. The third kappa shape index (κ3) is 2.05. The smallest absolute Gasteiger partial charge is 0.191 e. The van der Waals surface area contributed by atoms with Gasteiger partial charge < -0.3 is 10.6 Å². The number of hydrogen-bond acceptors (Lipinski definition) is 3. The van der Waals surface area contributed by atoms with Crippen molar-refractivity contribution in [3.63, 3.8) is 0 Å². The molecule has 19 heavy (non-hydrogen) atoms. The number of nitrogens with zero attached hydrogens (tertiary/aromatic N) is 2. The van der Waals surface area contributed by atoms with Crippen molar-refractivity contribution in [2.75, 3.05) is 13.1 Å². The first-order valence-electron chi connectivity index (χ1n) is 6.85. The summed E-state index contributed by atoms with van der Waals surface area (Å²) in [6, 6.07) is 15.3. The molecule has 0 saturated heterocycles. The number of nitrogens with two attached hydrogens (primary N) is 1. The van der Waals surface area contributed by atoms with Gasteiger partial charge in [-0.2, -0.15) is 0 Å². The number of hydrogen-bond donors (Lipinski definition) is 1. The maximum atomic E-state index is 6.01. The minimum absolute atomic E-state index is 0.283. The molecule has 0 aromatic heterocycles. The van der Waals surface area contributed by atoms with Crippen LogP contribution in [0.4, 0.5) is 0 Å². The van der Waals surface area contributed by atoms with Crippen LogP contribution in [0, 0.1) is 0 Å². The fourth-order valence-corrected chi connectivity index (χ4v) is 2.85. The molecule has 1 atom stereocenters. The molecule has 0 fully saturated rings. The lowest BCUT2D eigenvalue weighted by atomic mass is 9.98. The first-order valence-corrected chi connectivity index (χ1v) is 6.85. The highest BCUT2D eigenvalue weighted by Gasteiger charge is 2.27. The van der Waals surface area contributed by atoms with Crippen LogP contribution in [0.1, 0.15) is 24.9 Å². The van der Waals surface area contributed by atoms with Gasteiger partial charge in [-0.3, -0.25) is 4.99 Å². The average molecular weight is 253 g/mol. The molecule has 1 aliphatic heterocycles. The second-order valence-electron chi connectivity index (χ2n) is 4.98. The maximum absolute atomic E-state index is 6.01. The van der Waals surface area contributed by atoms with Crippen molar-refractivity contribution >= 4 is 16.7 Å². The molecule has 1 unspecified atom stereocenters. The van der Waals surface area contributed by atoms with E-state index in [0.29, 0.717) is 5.96 Å². The Bertz CT molecular complexity index is 613. The minimum Gasteiger partial charge on any atom is -0.370 e. The van der Waals surface area contributed by atoms with Crippen molar-refractivity contribution in [3.8, 4) is 0 Å². The van der Waals surface area contributed by atoms with Crippen LogP contribution in [0.25, 0.3) is 10.8 Å². The molecule has 0 aliphatic carbocycles. The van der Waals surface area contributed by atoms with E-state index >= 15 is 0 Å². The standard InChI is InChI=1S/C16H19N3/c1-2-10-19-15(11-18-16(19)17)14-9-5-7-12-6-3-4-8-13(12)14/h3-9,15H,2,10-11H2,1H3,(H2,17,18). The van der Waals surface area contributed by atoms with Gasteiger partial charge in [-0.1, -0.05) is 49.4 Å². The van der Waals surface area contributed by atoms with Crippen molar-refractivity contribution in [1.29, 1.82) is 0 Å². The number of benzene rings is 2. The third-order valence-corrected chi connectivity index (χ3v) is 3.74. The van der Waals surface area contributed by atoms with Gasteiger partial charge in [0.1, 0.15) is 0 Å². The maximum Gasteiger partial charge on any atom is 0.191 e. The molecule has 1 heterocycles. The van der Waals surface area contributed by atoms with Crippen LogP contribution >= 0.6 is 0 Å². The zero-order valence-electron chi connectivity index (χ0n) is 11.2. The summed E-state index contributed by atoms with van der Waals surface area (Å²) >= 11 is 0. The van der Waals surface area contributed by atoms with E-state index in [1.807, 2.05) is 0 Å². The van der Waals surface area contributed by atoms with Gasteiger partial charge in [0.05, 0.1) is 12.6 Å². The van der Waals surface area contributed by atoms with E-state index in [4.69, 9.17) is 5.73 Å². The summed E-state index contributed by atoms with van der Waals surface area (Å²) in [6.45, 7) is 3.90. The zero-order chi connectivity index (χ0) is 13.2. The molecule has 2 aromatic rings. The third-order valence-electron chi connectivity index (χ3n) is 3.74. The van der Waals surface area contributed by atoms with Crippen LogP contribution in [0.3, 0.4) is 0 Å². The predicted octanol–water partition coefficient (Wildman–Crippen LogP) is 2.92. The molecular weight excluding hydrogens is 234 g/mol. The minimum atomic E-state index is 0.283. The van der Waals surface area contributed by atoms with E-state index in [2.05, 4.69) is 59.3 Å². The summed E-state index contributed by atoms with van der Waals surface area (Å²) < 4.78 is 0. The average Bonchev–Trinajstić information content (AvgIpc) is 2.80. The van der Waals surface area contributed by atoms with Crippen molar-refractivity contribution in [2.24, 2.45) is 10.7 Å². The molecule has 0 bridgehead atoms. The molecule has 1 aliphatic rings. The van der Waals surface area contributed by atoms with Gasteiger partial charge >= 0.3 is 0 Å². The Balaban J connectivity index is 2.05. The van der Waals surface area contributed by atoms with Crippen molar-refractivity contribution in [3.05, 3.63) is 48.0 Å². The molecule has 0 radical (unpaired) electrons. The molecule has 3 nitrogen and oxygen atoms in total. The lowest BCUT2D eigenvalue weighted by Crippen LogP contribution is -2.36. The SMILES string of the molecule is CCCN1C(N)=NCC1c1cccc2ccccc12. The highest BCUT2D eigenvalue weighted by atomic mass is 15.3. The van der Waals surface area contributed by atoms with Crippen LogP contribution in [-0.4, -0.2) is 23.9 Å². The van der Waals surface area contributed by atoms with E-state index in [1.54, 1.807) is 0 Å². The van der Waals surface area contributed by atoms with E-state index < -0.39 is 0 Å². The Labute approximate surface area is 113 Å². The molecule has 0 amide bonds. The molecule has 2 aromatic carbocycles. The zero-order valence-corrected chi connectivity index (χ0v) is 11.2. The fourth-order valence-electron chi connectivity index (χ4n) is 2.85. The summed E-state index contributed by atoms with van der Waals surface area (Å²) in [5.74, 6) is 0.680. The van der Waals surface area contributed by atoms with E-state index in [0.717, 1.165) is 19.5 Å². The van der Waals surface area contributed by atoms with Gasteiger partial charge in [-0.05, 0) is 22.8 Å². The molecule has 98 valence electrons. The van der Waals surface area contributed by atoms with Crippen molar-refractivity contribution in [1.82, 2.24) is 4.90 Å².